The van der Waals surface area contributed by atoms with Gasteiger partial charge in [0.15, 0.2) is 23.0 Å². The number of carbonyl (C=O) groups is 1. The summed E-state index contributed by atoms with van der Waals surface area (Å²) < 4.78 is 11.5. The maximum absolute atomic E-state index is 11.8. The van der Waals surface area contributed by atoms with E-state index in [9.17, 15) is 15.0 Å². The Labute approximate surface area is 190 Å². The first-order chi connectivity index (χ1) is 14.3. The third-order valence-electron chi connectivity index (χ3n) is 3.46. The Hall–Kier alpha value is -2.79. The second-order valence-electron chi connectivity index (χ2n) is 5.63. The van der Waals surface area contributed by atoms with Gasteiger partial charge in [-0.1, -0.05) is 0 Å². The summed E-state index contributed by atoms with van der Waals surface area (Å²) in [5.41, 5.74) is 5.74. The van der Waals surface area contributed by atoms with E-state index in [1.165, 1.54) is 12.4 Å². The molecule has 0 heterocycles. The zero-order valence-corrected chi connectivity index (χ0v) is 19.3. The number of nitrogens with zero attached hydrogens (tertiary/aromatic N) is 2. The number of phenols is 2. The highest BCUT2D eigenvalue weighted by molar-refractivity contribution is 9.10. The van der Waals surface area contributed by atoms with Crippen LogP contribution in [0.2, 0.25) is 0 Å². The first kappa shape index (κ1) is 23.5. The number of hydrazone groups is 2. The molecule has 0 bridgehead atoms. The van der Waals surface area contributed by atoms with Gasteiger partial charge in [0.25, 0.3) is 0 Å². The number of amides is 2. The second kappa shape index (κ2) is 11.4. The first-order valence-corrected chi connectivity index (χ1v) is 10.4. The van der Waals surface area contributed by atoms with Crippen LogP contribution in [-0.2, 0) is 0 Å². The van der Waals surface area contributed by atoms with Gasteiger partial charge in [0.2, 0.25) is 0 Å². The van der Waals surface area contributed by atoms with Crippen molar-refractivity contribution in [2.75, 3.05) is 13.2 Å². The number of phenolic OH excluding ortho intramolecular Hbond substituents is 2. The van der Waals surface area contributed by atoms with E-state index >= 15 is 0 Å². The summed E-state index contributed by atoms with van der Waals surface area (Å²) in [6.07, 6.45) is 2.78. The number of nitrogens with one attached hydrogen (secondary N) is 2. The Morgan fingerprint density at radius 3 is 1.67 bits per heavy atom. The molecule has 11 heteroatoms. The number of carbonyl (C=O) groups excluding carboxylic acids is 1. The molecule has 0 atom stereocenters. The predicted molar refractivity (Wildman–Crippen MR) is 121 cm³/mol. The molecule has 0 radical (unpaired) electrons. The van der Waals surface area contributed by atoms with Crippen molar-refractivity contribution in [3.8, 4) is 23.0 Å². The average Bonchev–Trinajstić information content (AvgIpc) is 2.69. The zero-order chi connectivity index (χ0) is 22.1. The number of urea groups is 1. The van der Waals surface area contributed by atoms with Crippen molar-refractivity contribution < 1.29 is 24.5 Å². The van der Waals surface area contributed by atoms with Crippen molar-refractivity contribution >= 4 is 50.3 Å². The molecule has 160 valence electrons. The minimum Gasteiger partial charge on any atom is -0.503 e. The van der Waals surface area contributed by atoms with Crippen LogP contribution >= 0.6 is 31.9 Å². The largest absolute Gasteiger partial charge is 0.503 e. The molecule has 4 N–H and O–H groups in total. The monoisotopic (exact) mass is 542 g/mol. The van der Waals surface area contributed by atoms with Gasteiger partial charge in [0.1, 0.15) is 0 Å². The predicted octanol–water partition coefficient (Wildman–Crippen LogP) is 4.09. The lowest BCUT2D eigenvalue weighted by Crippen LogP contribution is -2.28. The molecule has 2 aromatic rings. The third kappa shape index (κ3) is 6.63. The highest BCUT2D eigenvalue weighted by atomic mass is 79.9. The van der Waals surface area contributed by atoms with Crippen molar-refractivity contribution in [2.45, 2.75) is 13.8 Å². The number of benzene rings is 2. The van der Waals surface area contributed by atoms with Gasteiger partial charge in [0.05, 0.1) is 34.6 Å². The highest BCUT2D eigenvalue weighted by Gasteiger charge is 2.09. The SMILES string of the molecule is CCOc1cc(/C=N\NC(=O)N/N=C/c2cc(Br)c(O)c(OCC)c2)cc(Br)c1O. The number of aromatic hydroxyl groups is 2. The van der Waals surface area contributed by atoms with Gasteiger partial charge in [-0.15, -0.1) is 0 Å². The van der Waals surface area contributed by atoms with E-state index in [0.29, 0.717) is 44.8 Å². The molecule has 0 saturated heterocycles. The highest BCUT2D eigenvalue weighted by Crippen LogP contribution is 2.35. The van der Waals surface area contributed by atoms with E-state index in [4.69, 9.17) is 9.47 Å². The summed E-state index contributed by atoms with van der Waals surface area (Å²) in [6.45, 7) is 4.38. The summed E-state index contributed by atoms with van der Waals surface area (Å²) in [6, 6.07) is 5.76. The lowest BCUT2D eigenvalue weighted by Gasteiger charge is -2.08. The maximum atomic E-state index is 11.8. The Balaban J connectivity index is 1.95. The van der Waals surface area contributed by atoms with Crippen molar-refractivity contribution in [3.63, 3.8) is 0 Å². The molecule has 0 aliphatic rings. The fraction of sp³-hybridized carbons (Fsp3) is 0.211. The number of rotatable bonds is 8. The van der Waals surface area contributed by atoms with Crippen molar-refractivity contribution in [3.05, 3.63) is 44.3 Å². The Kier molecular flexibility index (Phi) is 8.93. The molecule has 0 saturated carbocycles. The van der Waals surface area contributed by atoms with Crippen LogP contribution in [-0.4, -0.2) is 41.9 Å². The Morgan fingerprint density at radius 2 is 1.30 bits per heavy atom. The van der Waals surface area contributed by atoms with E-state index in [0.717, 1.165) is 0 Å². The minimum atomic E-state index is -0.659. The molecule has 9 nitrogen and oxygen atoms in total. The van der Waals surface area contributed by atoms with Crippen molar-refractivity contribution in [1.82, 2.24) is 10.9 Å². The molecule has 0 aliphatic heterocycles. The van der Waals surface area contributed by atoms with Crippen LogP contribution in [0.3, 0.4) is 0 Å². The van der Waals surface area contributed by atoms with Crippen LogP contribution in [0, 0.1) is 0 Å². The minimum absolute atomic E-state index is 0.0117. The van der Waals surface area contributed by atoms with Crippen LogP contribution in [0.25, 0.3) is 0 Å². The van der Waals surface area contributed by atoms with Crippen LogP contribution < -0.4 is 20.3 Å². The van der Waals surface area contributed by atoms with Gasteiger partial charge in [-0.3, -0.25) is 0 Å². The molecule has 0 unspecified atom stereocenters. The molecular formula is C19H20Br2N4O5. The number of hydrogen-bond acceptors (Lipinski definition) is 7. The molecular weight excluding hydrogens is 524 g/mol. The summed E-state index contributed by atoms with van der Waals surface area (Å²) in [5, 5.41) is 27.4. The normalized spacial score (nSPS) is 11.1. The van der Waals surface area contributed by atoms with Crippen molar-refractivity contribution in [1.29, 1.82) is 0 Å². The van der Waals surface area contributed by atoms with Gasteiger partial charge in [-0.2, -0.15) is 10.2 Å². The summed E-state index contributed by atoms with van der Waals surface area (Å²) in [5.74, 6) is 0.576. The molecule has 0 aliphatic carbocycles. The smallest absolute Gasteiger partial charge is 0.355 e. The molecule has 2 amide bonds. The Morgan fingerprint density at radius 1 is 0.900 bits per heavy atom. The summed E-state index contributed by atoms with van der Waals surface area (Å²) >= 11 is 6.46. The molecule has 30 heavy (non-hydrogen) atoms. The van der Waals surface area contributed by atoms with Gasteiger partial charge in [-0.25, -0.2) is 15.6 Å². The molecule has 0 spiro atoms. The molecule has 0 aromatic heterocycles. The van der Waals surface area contributed by atoms with E-state index in [-0.39, 0.29) is 11.5 Å². The van der Waals surface area contributed by atoms with E-state index in [1.54, 1.807) is 38.1 Å². The summed E-state index contributed by atoms with van der Waals surface area (Å²) in [4.78, 5) is 11.8. The van der Waals surface area contributed by atoms with Crippen molar-refractivity contribution in [2.24, 2.45) is 10.2 Å². The maximum Gasteiger partial charge on any atom is 0.355 e. The van der Waals surface area contributed by atoms with Crippen LogP contribution in [0.5, 0.6) is 23.0 Å². The third-order valence-corrected chi connectivity index (χ3v) is 4.67. The fourth-order valence-electron chi connectivity index (χ4n) is 2.22. The first-order valence-electron chi connectivity index (χ1n) is 8.78. The molecule has 0 fully saturated rings. The second-order valence-corrected chi connectivity index (χ2v) is 7.34. The fourth-order valence-corrected chi connectivity index (χ4v) is 3.14. The number of halogens is 2. The molecule has 2 rings (SSSR count). The van der Waals surface area contributed by atoms with Crippen LogP contribution in [0.15, 0.2) is 43.4 Å². The van der Waals surface area contributed by atoms with Gasteiger partial charge in [-0.05, 0) is 81.1 Å². The molecule has 2 aromatic carbocycles. The van der Waals surface area contributed by atoms with Gasteiger partial charge >= 0.3 is 6.03 Å². The summed E-state index contributed by atoms with van der Waals surface area (Å²) in [7, 11) is 0. The van der Waals surface area contributed by atoms with Gasteiger partial charge in [0, 0.05) is 0 Å². The number of ether oxygens (including phenoxy) is 2. The topological polar surface area (TPSA) is 125 Å². The zero-order valence-electron chi connectivity index (χ0n) is 16.1. The number of hydrogen-bond donors (Lipinski definition) is 4. The lowest BCUT2D eigenvalue weighted by atomic mass is 10.2. The van der Waals surface area contributed by atoms with E-state index in [1.807, 2.05) is 0 Å². The Bertz CT molecular complexity index is 891. The van der Waals surface area contributed by atoms with E-state index < -0.39 is 6.03 Å². The average molecular weight is 544 g/mol. The van der Waals surface area contributed by atoms with Gasteiger partial charge < -0.3 is 19.7 Å². The van der Waals surface area contributed by atoms with Crippen LogP contribution in [0.4, 0.5) is 4.79 Å². The van der Waals surface area contributed by atoms with E-state index in [2.05, 4.69) is 52.9 Å². The quantitative estimate of drug-likeness (QED) is 0.295. The standard InChI is InChI=1S/C19H20Br2N4O5/c1-3-29-15-7-11(5-13(20)17(15)26)9-22-24-19(28)25-23-10-12-6-14(21)18(27)16(8-12)30-4-2/h5-10,26-27H,3-4H2,1-2H3,(H2,24,25,28)/b22-9-,23-10+. The lowest BCUT2D eigenvalue weighted by molar-refractivity contribution is 0.242. The van der Waals surface area contributed by atoms with Crippen LogP contribution in [0.1, 0.15) is 25.0 Å².